The Morgan fingerprint density at radius 2 is 2.00 bits per heavy atom. The number of carbonyl (C=O) groups is 2. The number of Topliss-reactive ketones (excluding diaryl/α,β-unsaturated/α-hetero) is 2. The van der Waals surface area contributed by atoms with Crippen LogP contribution in [0.25, 0.3) is 0 Å². The van der Waals surface area contributed by atoms with Crippen LogP contribution in [0.1, 0.15) is 50.0 Å². The third-order valence-electron chi connectivity index (χ3n) is 3.38. The molecule has 106 valence electrons. The van der Waals surface area contributed by atoms with Crippen LogP contribution in [0.3, 0.4) is 0 Å². The number of hydrogen-bond acceptors (Lipinski definition) is 5. The number of allylic oxidation sites excluding steroid dienone is 2. The maximum atomic E-state index is 12.1. The maximum absolute atomic E-state index is 12.1. The number of nitrogens with zero attached hydrogens (tertiary/aromatic N) is 2. The molecule has 0 spiro atoms. The van der Waals surface area contributed by atoms with Gasteiger partial charge in [-0.15, -0.1) is 0 Å². The Hall–Kier alpha value is -2.04. The van der Waals surface area contributed by atoms with Crippen LogP contribution in [0.15, 0.2) is 23.6 Å². The van der Waals surface area contributed by atoms with E-state index < -0.39 is 0 Å². The highest BCUT2D eigenvalue weighted by molar-refractivity contribution is 6.22. The van der Waals surface area contributed by atoms with Gasteiger partial charge in [0.05, 0.1) is 5.57 Å². The van der Waals surface area contributed by atoms with Gasteiger partial charge in [-0.3, -0.25) is 9.59 Å². The highest BCUT2D eigenvalue weighted by atomic mass is 16.3. The molecule has 1 fully saturated rings. The Kier molecular flexibility index (Phi) is 4.27. The molecule has 0 saturated heterocycles. The van der Waals surface area contributed by atoms with Gasteiger partial charge in [-0.25, -0.2) is 9.97 Å². The van der Waals surface area contributed by atoms with Gasteiger partial charge in [-0.05, 0) is 19.4 Å². The van der Waals surface area contributed by atoms with Crippen molar-refractivity contribution in [2.75, 3.05) is 0 Å². The van der Waals surface area contributed by atoms with Crippen molar-refractivity contribution in [1.29, 1.82) is 0 Å². The minimum atomic E-state index is -0.303. The number of hydrogen-bond donors (Lipinski definition) is 1. The first kappa shape index (κ1) is 14.4. The molecular weight excluding hydrogens is 256 g/mol. The number of rotatable bonds is 3. The van der Waals surface area contributed by atoms with Crippen LogP contribution in [0.4, 0.5) is 0 Å². The molecule has 1 aromatic rings. The van der Waals surface area contributed by atoms with E-state index in [1.807, 2.05) is 13.8 Å². The van der Waals surface area contributed by atoms with Crippen LogP contribution < -0.4 is 0 Å². The first-order chi connectivity index (χ1) is 9.52. The number of carbonyl (C=O) groups excluding carboxylic acids is 2. The van der Waals surface area contributed by atoms with Crippen LogP contribution in [0.5, 0.6) is 0 Å². The van der Waals surface area contributed by atoms with E-state index in [1.165, 1.54) is 0 Å². The standard InChI is InChI=1S/C15H18N2O3/c1-3-4-11(18)14-12(19)7-10(8-13(14)20)15-16-6-5-9(2)17-15/h5-6,10,18H,3-4,7-8H2,1-2H3. The molecule has 1 heterocycles. The van der Waals surface area contributed by atoms with E-state index in [9.17, 15) is 14.7 Å². The van der Waals surface area contributed by atoms with Crippen molar-refractivity contribution in [2.24, 2.45) is 0 Å². The van der Waals surface area contributed by atoms with E-state index in [0.29, 0.717) is 18.7 Å². The van der Waals surface area contributed by atoms with Crippen LogP contribution in [0, 0.1) is 6.92 Å². The molecule has 0 aliphatic heterocycles. The van der Waals surface area contributed by atoms with E-state index in [1.54, 1.807) is 12.3 Å². The van der Waals surface area contributed by atoms with Crippen molar-refractivity contribution in [3.8, 4) is 0 Å². The molecule has 1 N–H and O–H groups in total. The first-order valence-electron chi connectivity index (χ1n) is 6.81. The monoisotopic (exact) mass is 274 g/mol. The third-order valence-corrected chi connectivity index (χ3v) is 3.38. The van der Waals surface area contributed by atoms with Gasteiger partial charge < -0.3 is 5.11 Å². The molecule has 1 aliphatic rings. The zero-order chi connectivity index (χ0) is 14.7. The summed E-state index contributed by atoms with van der Waals surface area (Å²) in [6, 6.07) is 1.77. The largest absolute Gasteiger partial charge is 0.511 e. The lowest BCUT2D eigenvalue weighted by Gasteiger charge is -2.21. The van der Waals surface area contributed by atoms with Crippen LogP contribution in [-0.2, 0) is 9.59 Å². The zero-order valence-electron chi connectivity index (χ0n) is 11.7. The average molecular weight is 274 g/mol. The van der Waals surface area contributed by atoms with E-state index in [-0.39, 0.29) is 41.7 Å². The number of aryl methyl sites for hydroxylation is 1. The van der Waals surface area contributed by atoms with Gasteiger partial charge in [0.1, 0.15) is 11.6 Å². The summed E-state index contributed by atoms with van der Waals surface area (Å²) in [7, 11) is 0. The fourth-order valence-electron chi connectivity index (χ4n) is 2.41. The summed E-state index contributed by atoms with van der Waals surface area (Å²) in [5.74, 6) is -0.440. The molecule has 5 nitrogen and oxygen atoms in total. The molecule has 0 aromatic carbocycles. The molecule has 20 heavy (non-hydrogen) atoms. The normalized spacial score (nSPS) is 19.3. The minimum absolute atomic E-state index is 0.0178. The highest BCUT2D eigenvalue weighted by Gasteiger charge is 2.34. The topological polar surface area (TPSA) is 80.2 Å². The van der Waals surface area contributed by atoms with Crippen molar-refractivity contribution >= 4 is 11.6 Å². The Morgan fingerprint density at radius 3 is 2.55 bits per heavy atom. The van der Waals surface area contributed by atoms with E-state index in [2.05, 4.69) is 9.97 Å². The summed E-state index contributed by atoms with van der Waals surface area (Å²) in [5.41, 5.74) is 0.792. The summed E-state index contributed by atoms with van der Waals surface area (Å²) < 4.78 is 0. The zero-order valence-corrected chi connectivity index (χ0v) is 11.7. The quantitative estimate of drug-likeness (QED) is 0.520. The second kappa shape index (κ2) is 5.94. The molecule has 1 saturated carbocycles. The van der Waals surface area contributed by atoms with Gasteiger partial charge in [-0.2, -0.15) is 0 Å². The Bertz CT molecular complexity index is 558. The molecule has 0 bridgehead atoms. The van der Waals surface area contributed by atoms with E-state index >= 15 is 0 Å². The van der Waals surface area contributed by atoms with Crippen LogP contribution in [-0.4, -0.2) is 26.6 Å². The Labute approximate surface area is 117 Å². The predicted octanol–water partition coefficient (Wildman–Crippen LogP) is 2.41. The van der Waals surface area contributed by atoms with E-state index in [0.717, 1.165) is 5.69 Å². The number of aliphatic hydroxyl groups excluding tert-OH is 1. The third kappa shape index (κ3) is 2.92. The van der Waals surface area contributed by atoms with Crippen molar-refractivity contribution in [2.45, 2.75) is 45.4 Å². The fourth-order valence-corrected chi connectivity index (χ4v) is 2.41. The number of ketones is 2. The SMILES string of the molecule is CCCC(O)=C1C(=O)CC(c2nccc(C)n2)CC1=O. The molecule has 1 aromatic heterocycles. The van der Waals surface area contributed by atoms with Crippen molar-refractivity contribution in [3.05, 3.63) is 35.1 Å². The Balaban J connectivity index is 2.24. The molecule has 0 amide bonds. The Morgan fingerprint density at radius 1 is 1.35 bits per heavy atom. The van der Waals surface area contributed by atoms with Crippen molar-refractivity contribution in [1.82, 2.24) is 9.97 Å². The summed E-state index contributed by atoms with van der Waals surface area (Å²) in [6.45, 7) is 3.73. The molecule has 0 radical (unpaired) electrons. The lowest BCUT2D eigenvalue weighted by molar-refractivity contribution is -0.124. The maximum Gasteiger partial charge on any atom is 0.170 e. The number of aromatic nitrogens is 2. The summed E-state index contributed by atoms with van der Waals surface area (Å²) in [6.07, 6.45) is 3.04. The summed E-state index contributed by atoms with van der Waals surface area (Å²) in [5, 5.41) is 9.82. The van der Waals surface area contributed by atoms with Gasteiger partial charge in [0, 0.05) is 37.1 Å². The molecule has 0 unspecified atom stereocenters. The fraction of sp³-hybridized carbons (Fsp3) is 0.467. The van der Waals surface area contributed by atoms with Gasteiger partial charge in [0.2, 0.25) is 0 Å². The van der Waals surface area contributed by atoms with Gasteiger partial charge in [-0.1, -0.05) is 6.92 Å². The van der Waals surface area contributed by atoms with Gasteiger partial charge in [0.15, 0.2) is 11.6 Å². The lowest BCUT2D eigenvalue weighted by atomic mass is 9.82. The molecule has 5 heteroatoms. The highest BCUT2D eigenvalue weighted by Crippen LogP contribution is 2.31. The number of aliphatic hydroxyl groups is 1. The van der Waals surface area contributed by atoms with Crippen molar-refractivity contribution < 1.29 is 14.7 Å². The van der Waals surface area contributed by atoms with Gasteiger partial charge in [0.25, 0.3) is 0 Å². The van der Waals surface area contributed by atoms with Crippen LogP contribution in [0.2, 0.25) is 0 Å². The minimum Gasteiger partial charge on any atom is -0.511 e. The summed E-state index contributed by atoms with van der Waals surface area (Å²) >= 11 is 0. The lowest BCUT2D eigenvalue weighted by Crippen LogP contribution is -2.27. The van der Waals surface area contributed by atoms with Crippen LogP contribution >= 0.6 is 0 Å². The second-order valence-corrected chi connectivity index (χ2v) is 5.08. The predicted molar refractivity (Wildman–Crippen MR) is 73.3 cm³/mol. The smallest absolute Gasteiger partial charge is 0.170 e. The molecule has 0 atom stereocenters. The molecule has 2 rings (SSSR count). The second-order valence-electron chi connectivity index (χ2n) is 5.08. The molecule has 1 aliphatic carbocycles. The molecular formula is C15H18N2O3. The van der Waals surface area contributed by atoms with Gasteiger partial charge >= 0.3 is 0 Å². The average Bonchev–Trinajstić information content (AvgIpc) is 2.38. The first-order valence-corrected chi connectivity index (χ1v) is 6.81. The summed E-state index contributed by atoms with van der Waals surface area (Å²) in [4.78, 5) is 32.6. The van der Waals surface area contributed by atoms with E-state index in [4.69, 9.17) is 0 Å². The van der Waals surface area contributed by atoms with Crippen molar-refractivity contribution in [3.63, 3.8) is 0 Å².